The molecule has 2 rings (SSSR count). The Hall–Kier alpha value is -2.69. The summed E-state index contributed by atoms with van der Waals surface area (Å²) in [5, 5.41) is 3.68. The van der Waals surface area contributed by atoms with Crippen LogP contribution < -0.4 is 21.6 Å². The predicted octanol–water partition coefficient (Wildman–Crippen LogP) is 3.54. The summed E-state index contributed by atoms with van der Waals surface area (Å²) in [4.78, 5) is 16.2. The zero-order valence-corrected chi connectivity index (χ0v) is 18.5. The van der Waals surface area contributed by atoms with Gasteiger partial charge in [0.05, 0.1) is 42.5 Å². The summed E-state index contributed by atoms with van der Waals surface area (Å²) in [6, 6.07) is 3.48. The molecule has 32 heavy (non-hydrogen) atoms. The number of rotatable bonds is 9. The zero-order chi connectivity index (χ0) is 23.7. The number of hydrazine groups is 1. The lowest BCUT2D eigenvalue weighted by Crippen LogP contribution is -2.37. The quantitative estimate of drug-likeness (QED) is 0.382. The van der Waals surface area contributed by atoms with Crippen LogP contribution in [0.15, 0.2) is 24.0 Å². The van der Waals surface area contributed by atoms with Crippen molar-refractivity contribution in [2.45, 2.75) is 57.7 Å². The van der Waals surface area contributed by atoms with Gasteiger partial charge in [0.25, 0.3) is 0 Å². The van der Waals surface area contributed by atoms with Crippen LogP contribution in [0.4, 0.5) is 18.0 Å². The Morgan fingerprint density at radius 1 is 1.31 bits per heavy atom. The predicted molar refractivity (Wildman–Crippen MR) is 114 cm³/mol. The van der Waals surface area contributed by atoms with Gasteiger partial charge in [-0.2, -0.15) is 13.2 Å². The van der Waals surface area contributed by atoms with Crippen LogP contribution in [-0.4, -0.2) is 48.6 Å². The molecule has 0 spiro atoms. The highest BCUT2D eigenvalue weighted by Crippen LogP contribution is 2.25. The second-order valence-corrected chi connectivity index (χ2v) is 8.10. The summed E-state index contributed by atoms with van der Waals surface area (Å²) in [5.41, 5.74) is 7.24. The molecule has 0 saturated heterocycles. The third-order valence-electron chi connectivity index (χ3n) is 5.08. The van der Waals surface area contributed by atoms with E-state index < -0.39 is 24.6 Å². The smallest absolute Gasteiger partial charge is 0.407 e. The molecule has 0 bridgehead atoms. The molecule has 1 fully saturated rings. The third-order valence-corrected chi connectivity index (χ3v) is 5.08. The van der Waals surface area contributed by atoms with Crippen molar-refractivity contribution < 1.29 is 27.4 Å². The normalized spacial score (nSPS) is 16.7. The number of ether oxygens (including phenoxy) is 2. The molecular weight excluding hydrogens is 427 g/mol. The van der Waals surface area contributed by atoms with E-state index in [4.69, 9.17) is 21.1 Å². The highest BCUT2D eigenvalue weighted by Gasteiger charge is 2.30. The maximum Gasteiger partial charge on any atom is 0.407 e. The summed E-state index contributed by atoms with van der Waals surface area (Å²) in [7, 11) is 1.54. The van der Waals surface area contributed by atoms with Gasteiger partial charge in [0.15, 0.2) is 0 Å². The van der Waals surface area contributed by atoms with Gasteiger partial charge in [-0.3, -0.25) is 4.98 Å². The van der Waals surface area contributed by atoms with Crippen molar-refractivity contribution in [2.24, 2.45) is 17.5 Å². The Kier molecular flexibility index (Phi) is 9.42. The molecule has 1 saturated carbocycles. The average Bonchev–Trinajstić information content (AvgIpc) is 2.72. The fraction of sp³-hybridized carbons (Fsp3) is 0.619. The number of alkyl halides is 3. The van der Waals surface area contributed by atoms with Gasteiger partial charge in [0.1, 0.15) is 5.75 Å². The Morgan fingerprint density at radius 2 is 2.00 bits per heavy atom. The number of nitrogens with zero attached hydrogens (tertiary/aromatic N) is 2. The number of pyridine rings is 1. The van der Waals surface area contributed by atoms with Crippen molar-refractivity contribution in [3.63, 3.8) is 0 Å². The maximum absolute atomic E-state index is 12.4. The first kappa shape index (κ1) is 25.6. The van der Waals surface area contributed by atoms with E-state index >= 15 is 0 Å². The Morgan fingerprint density at radius 3 is 2.56 bits per heavy atom. The van der Waals surface area contributed by atoms with Gasteiger partial charge < -0.3 is 25.5 Å². The van der Waals surface area contributed by atoms with Crippen molar-refractivity contribution >= 4 is 11.8 Å². The van der Waals surface area contributed by atoms with Gasteiger partial charge in [-0.15, -0.1) is 0 Å². The van der Waals surface area contributed by atoms with Crippen molar-refractivity contribution in [1.29, 1.82) is 0 Å². The van der Waals surface area contributed by atoms with E-state index in [-0.39, 0.29) is 25.0 Å². The van der Waals surface area contributed by atoms with Crippen LogP contribution in [0.2, 0.25) is 0 Å². The van der Waals surface area contributed by atoms with Gasteiger partial charge >= 0.3 is 12.3 Å². The van der Waals surface area contributed by atoms with Crippen LogP contribution >= 0.6 is 0 Å². The summed E-state index contributed by atoms with van der Waals surface area (Å²) in [6.45, 7) is 0.904. The molecule has 0 radical (unpaired) electrons. The number of hydrogen-bond donors (Lipinski definition) is 3. The van der Waals surface area contributed by atoms with E-state index in [1.807, 2.05) is 0 Å². The van der Waals surface area contributed by atoms with Gasteiger partial charge in [0.2, 0.25) is 0 Å². The highest BCUT2D eigenvalue weighted by molar-refractivity contribution is 5.69. The number of nitrogens with two attached hydrogens (primary N) is 2. The Bertz CT molecular complexity index is 763. The fourth-order valence-electron chi connectivity index (χ4n) is 3.42. The van der Waals surface area contributed by atoms with Gasteiger partial charge in [0, 0.05) is 13.5 Å². The van der Waals surface area contributed by atoms with E-state index in [2.05, 4.69) is 10.3 Å². The molecule has 1 atom stereocenters. The van der Waals surface area contributed by atoms with E-state index in [1.54, 1.807) is 25.4 Å². The first-order chi connectivity index (χ1) is 15.0. The van der Waals surface area contributed by atoms with Crippen LogP contribution in [0.5, 0.6) is 5.75 Å². The molecule has 1 unspecified atom stereocenters. The topological polar surface area (TPSA) is 116 Å². The number of likely N-dealkylation sites (N-methyl/N-ethyl adjacent to an activating group) is 1. The number of aromatic nitrogens is 1. The Labute approximate surface area is 186 Å². The molecular formula is C21H32F3N5O3. The van der Waals surface area contributed by atoms with Crippen molar-refractivity contribution in [1.82, 2.24) is 15.3 Å². The monoisotopic (exact) mass is 459 g/mol. The van der Waals surface area contributed by atoms with Crippen LogP contribution in [0, 0.1) is 5.92 Å². The number of hydrogen-bond acceptors (Lipinski definition) is 7. The molecule has 1 aromatic rings. The van der Waals surface area contributed by atoms with Crippen LogP contribution in [-0.2, 0) is 4.74 Å². The average molecular weight is 460 g/mol. The zero-order valence-electron chi connectivity index (χ0n) is 18.5. The summed E-state index contributed by atoms with van der Waals surface area (Å²) in [6.07, 6.45) is 1.21. The standard InChI is InChI=1S/C21H32F3N5O3/c1-14(10-21(22,23)24)13-31-20(30)28-12-18(29(2)26)19(25)17-9-8-16(11-27-17)32-15-6-4-3-5-7-15/h8-9,11,14-15H,3-7,10,12-13,25-26H2,1-2H3,(H,28,30)/b19-18-. The molecule has 1 heterocycles. The Balaban J connectivity index is 1.92. The summed E-state index contributed by atoms with van der Waals surface area (Å²) < 4.78 is 47.9. The maximum atomic E-state index is 12.4. The van der Waals surface area contributed by atoms with E-state index in [0.29, 0.717) is 17.1 Å². The van der Waals surface area contributed by atoms with Gasteiger partial charge in [-0.05, 0) is 43.7 Å². The number of alkyl carbamates (subject to hydrolysis) is 1. The van der Waals surface area contributed by atoms with E-state index in [1.165, 1.54) is 18.4 Å². The summed E-state index contributed by atoms with van der Waals surface area (Å²) in [5.74, 6) is 5.64. The number of carbonyl (C=O) groups is 1. The molecule has 1 aromatic heterocycles. The van der Waals surface area contributed by atoms with Crippen molar-refractivity contribution in [3.8, 4) is 5.75 Å². The van der Waals surface area contributed by atoms with Crippen LogP contribution in [0.1, 0.15) is 51.1 Å². The molecule has 5 N–H and O–H groups in total. The molecule has 11 heteroatoms. The molecule has 180 valence electrons. The molecule has 0 aliphatic heterocycles. The number of amides is 1. The second kappa shape index (κ2) is 11.8. The number of carbonyl (C=O) groups excluding carboxylic acids is 1. The first-order valence-corrected chi connectivity index (χ1v) is 10.6. The highest BCUT2D eigenvalue weighted by atomic mass is 19.4. The lowest BCUT2D eigenvalue weighted by molar-refractivity contribution is -0.145. The number of halogens is 3. The fourth-order valence-corrected chi connectivity index (χ4v) is 3.42. The third kappa shape index (κ3) is 8.81. The minimum Gasteiger partial charge on any atom is -0.489 e. The number of nitrogens with one attached hydrogen (secondary N) is 1. The molecule has 8 nitrogen and oxygen atoms in total. The van der Waals surface area contributed by atoms with Crippen molar-refractivity contribution in [2.75, 3.05) is 20.2 Å². The molecule has 1 amide bonds. The first-order valence-electron chi connectivity index (χ1n) is 10.6. The van der Waals surface area contributed by atoms with Crippen molar-refractivity contribution in [3.05, 3.63) is 29.7 Å². The lowest BCUT2D eigenvalue weighted by atomic mass is 9.98. The minimum atomic E-state index is -4.31. The second-order valence-electron chi connectivity index (χ2n) is 8.10. The van der Waals surface area contributed by atoms with Crippen LogP contribution in [0.25, 0.3) is 5.70 Å². The largest absolute Gasteiger partial charge is 0.489 e. The van der Waals surface area contributed by atoms with Gasteiger partial charge in [-0.1, -0.05) is 13.3 Å². The molecule has 1 aliphatic carbocycles. The van der Waals surface area contributed by atoms with Gasteiger partial charge in [-0.25, -0.2) is 10.6 Å². The van der Waals surface area contributed by atoms with Crippen LogP contribution in [0.3, 0.4) is 0 Å². The summed E-state index contributed by atoms with van der Waals surface area (Å²) >= 11 is 0. The molecule has 0 aromatic carbocycles. The SMILES string of the molecule is CC(COC(=O)NC/C(=C(/N)c1ccc(OC2CCCCC2)cn1)N(C)N)CC(F)(F)F. The van der Waals surface area contributed by atoms with E-state index in [9.17, 15) is 18.0 Å². The van der Waals surface area contributed by atoms with E-state index in [0.717, 1.165) is 25.7 Å². The minimum absolute atomic E-state index is 0.0900. The molecule has 1 aliphatic rings. The lowest BCUT2D eigenvalue weighted by Gasteiger charge is -2.23.